The van der Waals surface area contributed by atoms with E-state index in [1.807, 2.05) is 6.08 Å². The largest absolute Gasteiger partial charge is 0.462 e. The molecular weight excluding hydrogens is 396 g/mol. The molecule has 0 bridgehead atoms. The van der Waals surface area contributed by atoms with Crippen LogP contribution in [0.5, 0.6) is 0 Å². The Bertz CT molecular complexity index is 695. The number of ketones is 1. The van der Waals surface area contributed by atoms with Crippen molar-refractivity contribution in [2.45, 2.75) is 129 Å². The zero-order valence-corrected chi connectivity index (χ0v) is 20.7. The van der Waals surface area contributed by atoms with E-state index in [1.54, 1.807) is 0 Å². The van der Waals surface area contributed by atoms with Crippen LogP contribution in [0.15, 0.2) is 11.6 Å². The smallest absolute Gasteiger partial charge is 0.306 e. The summed E-state index contributed by atoms with van der Waals surface area (Å²) in [4.78, 5) is 24.5. The fraction of sp³-hybridized carbons (Fsp3) is 0.862. The van der Waals surface area contributed by atoms with Gasteiger partial charge in [0.25, 0.3) is 0 Å². The van der Waals surface area contributed by atoms with E-state index in [4.69, 9.17) is 4.74 Å². The fourth-order valence-corrected chi connectivity index (χ4v) is 7.95. The number of rotatable bonds is 10. The highest BCUT2D eigenvalue weighted by Crippen LogP contribution is 2.62. The molecule has 0 aromatic rings. The summed E-state index contributed by atoms with van der Waals surface area (Å²) >= 11 is 0. The fourth-order valence-electron chi connectivity index (χ4n) is 7.95. The number of hydrogen-bond donors (Lipinski definition) is 0. The number of fused-ring (bicyclic) bond motifs is 5. The van der Waals surface area contributed by atoms with Crippen molar-refractivity contribution in [2.75, 3.05) is 0 Å². The number of unbranched alkanes of at least 4 members (excludes halogenated alkanes) is 7. The van der Waals surface area contributed by atoms with E-state index in [-0.39, 0.29) is 17.5 Å². The first-order valence-electron chi connectivity index (χ1n) is 14.0. The number of esters is 1. The van der Waals surface area contributed by atoms with Gasteiger partial charge in [0.15, 0.2) is 5.78 Å². The lowest BCUT2D eigenvalue weighted by atomic mass is 9.52. The molecule has 0 N–H and O–H groups in total. The van der Waals surface area contributed by atoms with Crippen LogP contribution in [-0.2, 0) is 14.3 Å². The van der Waals surface area contributed by atoms with Crippen LogP contribution in [0.4, 0.5) is 0 Å². The van der Waals surface area contributed by atoms with E-state index >= 15 is 0 Å². The van der Waals surface area contributed by atoms with Gasteiger partial charge >= 0.3 is 5.97 Å². The molecule has 32 heavy (non-hydrogen) atoms. The molecule has 0 unspecified atom stereocenters. The summed E-state index contributed by atoms with van der Waals surface area (Å²) in [6.07, 6.45) is 21.7. The maximum absolute atomic E-state index is 12.6. The third kappa shape index (κ3) is 5.17. The minimum absolute atomic E-state index is 0.0460. The highest BCUT2D eigenvalue weighted by molar-refractivity contribution is 5.91. The first-order valence-corrected chi connectivity index (χ1v) is 14.0. The maximum atomic E-state index is 12.6. The second-order valence-corrected chi connectivity index (χ2v) is 11.6. The molecule has 4 aliphatic rings. The van der Waals surface area contributed by atoms with Crippen molar-refractivity contribution < 1.29 is 14.3 Å². The Morgan fingerprint density at radius 1 is 0.938 bits per heavy atom. The first-order chi connectivity index (χ1) is 15.5. The summed E-state index contributed by atoms with van der Waals surface area (Å²) in [6, 6.07) is 0. The van der Waals surface area contributed by atoms with Crippen LogP contribution in [0.3, 0.4) is 0 Å². The van der Waals surface area contributed by atoms with Gasteiger partial charge in [0, 0.05) is 18.3 Å². The second kappa shape index (κ2) is 10.9. The number of hydrogen-bond acceptors (Lipinski definition) is 3. The molecule has 0 spiro atoms. The molecule has 4 aliphatic carbocycles. The van der Waals surface area contributed by atoms with Crippen LogP contribution in [0, 0.1) is 29.1 Å². The maximum Gasteiger partial charge on any atom is 0.306 e. The predicted molar refractivity (Wildman–Crippen MR) is 129 cm³/mol. The van der Waals surface area contributed by atoms with Crippen molar-refractivity contribution in [3.05, 3.63) is 11.6 Å². The van der Waals surface area contributed by atoms with E-state index < -0.39 is 0 Å². The average Bonchev–Trinajstić information content (AvgIpc) is 3.11. The highest BCUT2D eigenvalue weighted by atomic mass is 16.5. The van der Waals surface area contributed by atoms with Gasteiger partial charge in [-0.1, -0.05) is 64.4 Å². The van der Waals surface area contributed by atoms with E-state index in [2.05, 4.69) is 13.8 Å². The Hall–Kier alpha value is -1.12. The Morgan fingerprint density at radius 2 is 1.69 bits per heavy atom. The first kappa shape index (κ1) is 24.0. The summed E-state index contributed by atoms with van der Waals surface area (Å²) in [5.41, 5.74) is 1.62. The molecule has 3 nitrogen and oxygen atoms in total. The van der Waals surface area contributed by atoms with Gasteiger partial charge < -0.3 is 4.74 Å². The molecule has 0 heterocycles. The van der Waals surface area contributed by atoms with Crippen molar-refractivity contribution in [1.82, 2.24) is 0 Å². The molecule has 4 rings (SSSR count). The quantitative estimate of drug-likeness (QED) is 0.259. The zero-order valence-electron chi connectivity index (χ0n) is 20.7. The zero-order chi connectivity index (χ0) is 22.6. The highest BCUT2D eigenvalue weighted by Gasteiger charge is 2.57. The molecule has 0 aliphatic heterocycles. The molecule has 6 atom stereocenters. The van der Waals surface area contributed by atoms with E-state index in [0.29, 0.717) is 24.0 Å². The average molecular weight is 443 g/mol. The van der Waals surface area contributed by atoms with Gasteiger partial charge in [0.2, 0.25) is 0 Å². The van der Waals surface area contributed by atoms with Crippen molar-refractivity contribution in [3.8, 4) is 0 Å². The summed E-state index contributed by atoms with van der Waals surface area (Å²) in [5.74, 6) is 3.26. The van der Waals surface area contributed by atoms with Crippen molar-refractivity contribution in [1.29, 1.82) is 0 Å². The van der Waals surface area contributed by atoms with Gasteiger partial charge in [0.1, 0.15) is 6.10 Å². The Kier molecular flexibility index (Phi) is 8.16. The van der Waals surface area contributed by atoms with Gasteiger partial charge in [-0.25, -0.2) is 0 Å². The van der Waals surface area contributed by atoms with Gasteiger partial charge in [-0.05, 0) is 81.1 Å². The third-order valence-electron chi connectivity index (χ3n) is 9.72. The van der Waals surface area contributed by atoms with Crippen LogP contribution >= 0.6 is 0 Å². The molecule has 3 heteroatoms. The van der Waals surface area contributed by atoms with E-state index in [9.17, 15) is 9.59 Å². The Labute approximate surface area is 196 Å². The normalized spacial score (nSPS) is 36.1. The van der Waals surface area contributed by atoms with Crippen LogP contribution < -0.4 is 0 Å². The molecule has 3 fully saturated rings. The summed E-state index contributed by atoms with van der Waals surface area (Å²) in [7, 11) is 0. The monoisotopic (exact) mass is 442 g/mol. The van der Waals surface area contributed by atoms with Gasteiger partial charge in [-0.3, -0.25) is 9.59 Å². The van der Waals surface area contributed by atoms with E-state index in [0.717, 1.165) is 50.4 Å². The minimum atomic E-state index is 0.0460. The van der Waals surface area contributed by atoms with Crippen LogP contribution in [0.25, 0.3) is 0 Å². The van der Waals surface area contributed by atoms with Crippen molar-refractivity contribution in [2.24, 2.45) is 29.1 Å². The summed E-state index contributed by atoms with van der Waals surface area (Å²) in [6.45, 7) is 4.68. The molecule has 0 saturated heterocycles. The number of ether oxygens (including phenoxy) is 1. The van der Waals surface area contributed by atoms with Gasteiger partial charge in [0.05, 0.1) is 0 Å². The number of allylic oxidation sites excluding steroid dienone is 1. The van der Waals surface area contributed by atoms with Gasteiger partial charge in [-0.15, -0.1) is 0 Å². The third-order valence-corrected chi connectivity index (χ3v) is 9.72. The topological polar surface area (TPSA) is 43.4 Å². The minimum Gasteiger partial charge on any atom is -0.462 e. The van der Waals surface area contributed by atoms with Gasteiger partial charge in [-0.2, -0.15) is 0 Å². The lowest BCUT2D eigenvalue weighted by Crippen LogP contribution is -2.48. The molecular formula is C29H46O3. The lowest BCUT2D eigenvalue weighted by molar-refractivity contribution is -0.159. The van der Waals surface area contributed by atoms with Crippen LogP contribution in [0.2, 0.25) is 0 Å². The molecule has 0 aromatic carbocycles. The van der Waals surface area contributed by atoms with Crippen LogP contribution in [0.1, 0.15) is 123 Å². The molecule has 3 saturated carbocycles. The Morgan fingerprint density at radius 3 is 2.47 bits per heavy atom. The standard InChI is InChI=1S/C29H46O3/c1-3-4-5-6-7-8-9-10-11-28(31)32-27-17-16-26-25-14-12-21-20-22(30)13-15-23(21)24(25)18-19-29(26,27)2/h20,23-27H,3-19H2,1-2H3/t23-,24-,25+,26+,27+,29+/m0/s1. The van der Waals surface area contributed by atoms with Crippen LogP contribution in [-0.4, -0.2) is 17.9 Å². The summed E-state index contributed by atoms with van der Waals surface area (Å²) < 4.78 is 6.15. The number of carbonyl (C=O) groups is 2. The van der Waals surface area contributed by atoms with Crippen molar-refractivity contribution >= 4 is 11.8 Å². The SMILES string of the molecule is CCCCCCCCCCC(=O)O[C@@H]1CC[C@@H]2[C@@H]3CCC4=CC(=O)CC[C@@H]4[C@@H]3CC[C@]21C. The van der Waals surface area contributed by atoms with E-state index in [1.165, 1.54) is 69.8 Å². The predicted octanol–water partition coefficient (Wildman–Crippen LogP) is 7.57. The second-order valence-electron chi connectivity index (χ2n) is 11.6. The molecule has 180 valence electrons. The Balaban J connectivity index is 1.24. The van der Waals surface area contributed by atoms with Crippen molar-refractivity contribution in [3.63, 3.8) is 0 Å². The molecule has 0 amide bonds. The number of carbonyl (C=O) groups excluding carboxylic acids is 2. The molecule has 0 aromatic heterocycles. The summed E-state index contributed by atoms with van der Waals surface area (Å²) in [5, 5.41) is 0. The molecule has 0 radical (unpaired) electrons. The lowest BCUT2D eigenvalue weighted by Gasteiger charge is -2.53.